The molecule has 2 aromatic rings. The summed E-state index contributed by atoms with van der Waals surface area (Å²) in [5.41, 5.74) is 0.494. The minimum absolute atomic E-state index is 0.00638. The molecular formula is C14H11ClN2O4. The van der Waals surface area contributed by atoms with Gasteiger partial charge in [0, 0.05) is 11.2 Å². The summed E-state index contributed by atoms with van der Waals surface area (Å²) in [6, 6.07) is 7.44. The summed E-state index contributed by atoms with van der Waals surface area (Å²) in [6.07, 6.45) is 1.12. The van der Waals surface area contributed by atoms with Crippen molar-refractivity contribution in [1.82, 2.24) is 4.98 Å². The summed E-state index contributed by atoms with van der Waals surface area (Å²) in [7, 11) is 1.47. The van der Waals surface area contributed by atoms with Crippen LogP contribution in [0.4, 0.5) is 5.69 Å². The molecule has 0 unspecified atom stereocenters. The van der Waals surface area contributed by atoms with E-state index in [0.717, 1.165) is 6.20 Å². The number of hydrogen-bond donors (Lipinski definition) is 2. The Balaban J connectivity index is 2.21. The molecule has 0 saturated heterocycles. The fourth-order valence-electron chi connectivity index (χ4n) is 1.62. The van der Waals surface area contributed by atoms with E-state index < -0.39 is 11.9 Å². The number of methoxy groups -OCH3 is 1. The van der Waals surface area contributed by atoms with Gasteiger partial charge in [0.05, 0.1) is 18.4 Å². The van der Waals surface area contributed by atoms with Gasteiger partial charge >= 0.3 is 5.97 Å². The number of anilines is 1. The molecule has 0 spiro atoms. The van der Waals surface area contributed by atoms with Crippen molar-refractivity contribution in [3.8, 4) is 5.75 Å². The third-order valence-corrected chi connectivity index (χ3v) is 2.89. The van der Waals surface area contributed by atoms with Gasteiger partial charge in [0.2, 0.25) is 0 Å². The second kappa shape index (κ2) is 6.23. The predicted octanol–water partition coefficient (Wildman–Crippen LogP) is 2.69. The molecule has 0 aliphatic heterocycles. The second-order valence-corrected chi connectivity index (χ2v) is 4.47. The van der Waals surface area contributed by atoms with Crippen molar-refractivity contribution in [2.45, 2.75) is 0 Å². The molecule has 0 fully saturated rings. The molecule has 6 nitrogen and oxygen atoms in total. The van der Waals surface area contributed by atoms with Crippen LogP contribution in [0, 0.1) is 0 Å². The molecule has 7 heteroatoms. The number of hydrogen-bond acceptors (Lipinski definition) is 4. The first-order chi connectivity index (χ1) is 10.0. The summed E-state index contributed by atoms with van der Waals surface area (Å²) in [5, 5.41) is 11.8. The Kier molecular flexibility index (Phi) is 4.39. The van der Waals surface area contributed by atoms with Gasteiger partial charge in [-0.3, -0.25) is 9.78 Å². The molecule has 1 aromatic carbocycles. The van der Waals surface area contributed by atoms with Crippen LogP contribution in [0.3, 0.4) is 0 Å². The van der Waals surface area contributed by atoms with E-state index in [1.165, 1.54) is 19.2 Å². The van der Waals surface area contributed by atoms with Crippen LogP contribution in [0.5, 0.6) is 5.75 Å². The minimum atomic E-state index is -1.11. The number of ether oxygens (including phenoxy) is 1. The highest BCUT2D eigenvalue weighted by molar-refractivity contribution is 6.31. The molecule has 0 saturated carbocycles. The van der Waals surface area contributed by atoms with Gasteiger partial charge in [-0.2, -0.15) is 0 Å². The maximum atomic E-state index is 12.1. The van der Waals surface area contributed by atoms with Crippen LogP contribution in [-0.4, -0.2) is 29.1 Å². The topological polar surface area (TPSA) is 88.5 Å². The average Bonchev–Trinajstić information content (AvgIpc) is 2.47. The molecular weight excluding hydrogens is 296 g/mol. The van der Waals surface area contributed by atoms with Gasteiger partial charge in [-0.05, 0) is 30.3 Å². The van der Waals surface area contributed by atoms with Gasteiger partial charge in [-0.25, -0.2) is 4.79 Å². The number of nitrogens with one attached hydrogen (secondary N) is 1. The predicted molar refractivity (Wildman–Crippen MR) is 77.2 cm³/mol. The maximum Gasteiger partial charge on any atom is 0.337 e. The maximum absolute atomic E-state index is 12.1. The molecule has 2 N–H and O–H groups in total. The van der Waals surface area contributed by atoms with E-state index in [9.17, 15) is 9.59 Å². The Bertz CT molecular complexity index is 686. The molecule has 1 heterocycles. The minimum Gasteiger partial charge on any atom is -0.495 e. The average molecular weight is 307 g/mol. The number of carboxylic acid groups (broad SMARTS) is 1. The van der Waals surface area contributed by atoms with Crippen LogP contribution in [-0.2, 0) is 0 Å². The van der Waals surface area contributed by atoms with E-state index in [4.69, 9.17) is 21.4 Å². The number of rotatable bonds is 4. The Morgan fingerprint density at radius 1 is 1.29 bits per heavy atom. The Labute approximate surface area is 125 Å². The van der Waals surface area contributed by atoms with E-state index in [0.29, 0.717) is 16.5 Å². The third kappa shape index (κ3) is 3.49. The van der Waals surface area contributed by atoms with Gasteiger partial charge < -0.3 is 15.2 Å². The highest BCUT2D eigenvalue weighted by Crippen LogP contribution is 2.27. The number of pyridine rings is 1. The van der Waals surface area contributed by atoms with E-state index in [1.54, 1.807) is 18.2 Å². The van der Waals surface area contributed by atoms with Crippen LogP contribution in [0.2, 0.25) is 5.02 Å². The first-order valence-electron chi connectivity index (χ1n) is 5.85. The molecule has 0 aliphatic rings. The third-order valence-electron chi connectivity index (χ3n) is 2.65. The second-order valence-electron chi connectivity index (χ2n) is 4.04. The van der Waals surface area contributed by atoms with Gasteiger partial charge in [-0.15, -0.1) is 0 Å². The lowest BCUT2D eigenvalue weighted by molar-refractivity contribution is 0.0696. The molecule has 1 aromatic heterocycles. The molecule has 0 atom stereocenters. The molecule has 21 heavy (non-hydrogen) atoms. The number of carbonyl (C=O) groups is 2. The van der Waals surface area contributed by atoms with Gasteiger partial charge in [0.1, 0.15) is 11.4 Å². The van der Waals surface area contributed by atoms with Crippen LogP contribution < -0.4 is 10.1 Å². The number of amides is 1. The van der Waals surface area contributed by atoms with E-state index in [2.05, 4.69) is 10.3 Å². The zero-order chi connectivity index (χ0) is 15.4. The number of carbonyl (C=O) groups excluding carboxylic acids is 1. The van der Waals surface area contributed by atoms with Crippen molar-refractivity contribution in [1.29, 1.82) is 0 Å². The number of benzene rings is 1. The molecule has 0 radical (unpaired) electrons. The fraction of sp³-hybridized carbons (Fsp3) is 0.0714. The first kappa shape index (κ1) is 14.8. The Hall–Kier alpha value is -2.60. The number of halogens is 1. The summed E-state index contributed by atoms with van der Waals surface area (Å²) < 4.78 is 5.12. The lowest BCUT2D eigenvalue weighted by atomic mass is 10.2. The smallest absolute Gasteiger partial charge is 0.337 e. The molecule has 2 rings (SSSR count). The summed E-state index contributed by atoms with van der Waals surface area (Å²) in [5.74, 6) is -1.15. The summed E-state index contributed by atoms with van der Waals surface area (Å²) in [6.45, 7) is 0. The van der Waals surface area contributed by atoms with Crippen LogP contribution in [0.25, 0.3) is 0 Å². The van der Waals surface area contributed by atoms with Crippen molar-refractivity contribution in [2.24, 2.45) is 0 Å². The standard InChI is InChI=1S/C14H11ClN2O4/c1-21-12-5-3-9(15)6-11(12)17-13(18)10-4-2-8(7-16-10)14(19)20/h2-7H,1H3,(H,17,18)(H,19,20). The number of aromatic nitrogens is 1. The van der Waals surface area contributed by atoms with Gasteiger partial charge in [-0.1, -0.05) is 11.6 Å². The zero-order valence-electron chi connectivity index (χ0n) is 11.0. The van der Waals surface area contributed by atoms with Crippen molar-refractivity contribution in [3.63, 3.8) is 0 Å². The number of carboxylic acids is 1. The Morgan fingerprint density at radius 2 is 2.05 bits per heavy atom. The molecule has 1 amide bonds. The van der Waals surface area contributed by atoms with Gasteiger partial charge in [0.25, 0.3) is 5.91 Å². The fourth-order valence-corrected chi connectivity index (χ4v) is 1.79. The summed E-state index contributed by atoms with van der Waals surface area (Å²) >= 11 is 5.87. The van der Waals surface area contributed by atoms with Crippen molar-refractivity contribution in [2.75, 3.05) is 12.4 Å². The van der Waals surface area contributed by atoms with E-state index >= 15 is 0 Å². The van der Waals surface area contributed by atoms with E-state index in [-0.39, 0.29) is 11.3 Å². The molecule has 0 aliphatic carbocycles. The molecule has 0 bridgehead atoms. The Morgan fingerprint density at radius 3 is 2.62 bits per heavy atom. The summed E-state index contributed by atoms with van der Waals surface area (Å²) in [4.78, 5) is 26.6. The first-order valence-corrected chi connectivity index (χ1v) is 6.23. The lowest BCUT2D eigenvalue weighted by Crippen LogP contribution is -2.14. The zero-order valence-corrected chi connectivity index (χ0v) is 11.7. The van der Waals surface area contributed by atoms with Crippen molar-refractivity contribution >= 4 is 29.2 Å². The lowest BCUT2D eigenvalue weighted by Gasteiger charge is -2.10. The normalized spacial score (nSPS) is 10.0. The van der Waals surface area contributed by atoms with Crippen LogP contribution >= 0.6 is 11.6 Å². The highest BCUT2D eigenvalue weighted by Gasteiger charge is 2.12. The van der Waals surface area contributed by atoms with E-state index in [1.807, 2.05) is 0 Å². The van der Waals surface area contributed by atoms with Crippen LogP contribution in [0.1, 0.15) is 20.8 Å². The number of aromatic carboxylic acids is 1. The largest absolute Gasteiger partial charge is 0.495 e. The monoisotopic (exact) mass is 306 g/mol. The van der Waals surface area contributed by atoms with Crippen molar-refractivity contribution in [3.05, 3.63) is 52.8 Å². The highest BCUT2D eigenvalue weighted by atomic mass is 35.5. The van der Waals surface area contributed by atoms with Crippen LogP contribution in [0.15, 0.2) is 36.5 Å². The quantitative estimate of drug-likeness (QED) is 0.906. The van der Waals surface area contributed by atoms with Crippen molar-refractivity contribution < 1.29 is 19.4 Å². The van der Waals surface area contributed by atoms with Gasteiger partial charge in [0.15, 0.2) is 0 Å². The molecule has 108 valence electrons. The SMILES string of the molecule is COc1ccc(Cl)cc1NC(=O)c1ccc(C(=O)O)cn1. The number of nitrogens with zero attached hydrogens (tertiary/aromatic N) is 1.